The van der Waals surface area contributed by atoms with Crippen LogP contribution in [0.15, 0.2) is 18.2 Å². The lowest BCUT2D eigenvalue weighted by Gasteiger charge is -2.35. The summed E-state index contributed by atoms with van der Waals surface area (Å²) in [6.45, 7) is 13.8. The summed E-state index contributed by atoms with van der Waals surface area (Å²) in [5.41, 5.74) is 0.636. The molecule has 0 aliphatic rings. The summed E-state index contributed by atoms with van der Waals surface area (Å²) < 4.78 is 5.70. The largest absolute Gasteiger partial charge is 0.443 e. The maximum absolute atomic E-state index is 13.5. The molecule has 10 nitrogen and oxygen atoms in total. The van der Waals surface area contributed by atoms with Crippen LogP contribution in [0.3, 0.4) is 0 Å². The minimum Gasteiger partial charge on any atom is -0.443 e. The standard InChI is InChI=1S/C21H31IN4O6/c1-12(2)16(17(27)23-20(3,4)5)25(24-19(29)32-21(6,7)8)18(28)14-11-13(26(30)31)9-10-15(14)22/h9-12,16H,1-8H3,(H,23,27)(H,24,29). The number of nitro groups is 1. The molecule has 0 aromatic heterocycles. The van der Waals surface area contributed by atoms with Crippen molar-refractivity contribution in [3.63, 3.8) is 0 Å². The number of benzene rings is 1. The second-order valence-corrected chi connectivity index (χ2v) is 10.8. The zero-order chi connectivity index (χ0) is 25.0. The Hall–Kier alpha value is -2.44. The number of halogens is 1. The number of carbonyl (C=O) groups is 3. The van der Waals surface area contributed by atoms with Gasteiger partial charge in [-0.2, -0.15) is 0 Å². The van der Waals surface area contributed by atoms with E-state index in [0.29, 0.717) is 3.57 Å². The second kappa shape index (κ2) is 10.5. The van der Waals surface area contributed by atoms with Crippen LogP contribution in [-0.2, 0) is 9.53 Å². The van der Waals surface area contributed by atoms with Gasteiger partial charge in [-0.3, -0.25) is 19.7 Å². The van der Waals surface area contributed by atoms with E-state index in [4.69, 9.17) is 4.74 Å². The molecule has 0 fully saturated rings. The molecule has 1 unspecified atom stereocenters. The first-order chi connectivity index (χ1) is 14.4. The van der Waals surface area contributed by atoms with Gasteiger partial charge in [-0.05, 0) is 76.1 Å². The van der Waals surface area contributed by atoms with Gasteiger partial charge in [-0.15, -0.1) is 0 Å². The third-order valence-corrected chi connectivity index (χ3v) is 4.84. The van der Waals surface area contributed by atoms with Crippen molar-refractivity contribution in [2.45, 2.75) is 72.6 Å². The molecule has 1 aromatic rings. The van der Waals surface area contributed by atoms with Crippen molar-refractivity contribution in [2.24, 2.45) is 5.92 Å². The van der Waals surface area contributed by atoms with Crippen LogP contribution in [0.2, 0.25) is 0 Å². The van der Waals surface area contributed by atoms with Crippen LogP contribution in [0.25, 0.3) is 0 Å². The van der Waals surface area contributed by atoms with E-state index in [-0.39, 0.29) is 11.3 Å². The van der Waals surface area contributed by atoms with E-state index in [1.807, 2.05) is 22.6 Å². The molecule has 0 radical (unpaired) electrons. The first-order valence-corrected chi connectivity index (χ1v) is 11.1. The quantitative estimate of drug-likeness (QED) is 0.317. The number of amides is 3. The molecular weight excluding hydrogens is 531 g/mol. The van der Waals surface area contributed by atoms with Crippen molar-refractivity contribution in [3.8, 4) is 0 Å². The van der Waals surface area contributed by atoms with Gasteiger partial charge in [0, 0.05) is 21.2 Å². The van der Waals surface area contributed by atoms with Gasteiger partial charge in [-0.1, -0.05) is 13.8 Å². The highest BCUT2D eigenvalue weighted by Gasteiger charge is 2.37. The van der Waals surface area contributed by atoms with Gasteiger partial charge < -0.3 is 10.1 Å². The van der Waals surface area contributed by atoms with Crippen molar-refractivity contribution >= 4 is 46.2 Å². The molecule has 0 aliphatic heterocycles. The van der Waals surface area contributed by atoms with Crippen molar-refractivity contribution < 1.29 is 24.0 Å². The lowest BCUT2D eigenvalue weighted by Crippen LogP contribution is -2.61. The molecule has 11 heteroatoms. The molecule has 0 bridgehead atoms. The van der Waals surface area contributed by atoms with E-state index in [1.165, 1.54) is 12.1 Å². The molecular formula is C21H31IN4O6. The number of rotatable bonds is 5. The normalized spacial score (nSPS) is 12.7. The van der Waals surface area contributed by atoms with E-state index in [9.17, 15) is 24.5 Å². The maximum atomic E-state index is 13.5. The Morgan fingerprint density at radius 3 is 2.12 bits per heavy atom. The van der Waals surface area contributed by atoms with Gasteiger partial charge in [0.05, 0.1) is 10.5 Å². The molecule has 32 heavy (non-hydrogen) atoms. The molecule has 0 aliphatic carbocycles. The topological polar surface area (TPSA) is 131 Å². The SMILES string of the molecule is CC(C)C(C(=O)NC(C)(C)C)N(NC(=O)OC(C)(C)C)C(=O)c1cc([N+](=O)[O-])ccc1I. The summed E-state index contributed by atoms with van der Waals surface area (Å²) in [6, 6.07) is 2.71. The number of hydrogen-bond acceptors (Lipinski definition) is 6. The Morgan fingerprint density at radius 2 is 1.69 bits per heavy atom. The number of nitrogens with zero attached hydrogens (tertiary/aromatic N) is 2. The Morgan fingerprint density at radius 1 is 1.12 bits per heavy atom. The van der Waals surface area contributed by atoms with Crippen molar-refractivity contribution in [1.82, 2.24) is 15.8 Å². The number of ether oxygens (including phenoxy) is 1. The fraction of sp³-hybridized carbons (Fsp3) is 0.571. The molecule has 0 saturated heterocycles. The fourth-order valence-electron chi connectivity index (χ4n) is 2.73. The van der Waals surface area contributed by atoms with Crippen LogP contribution in [0.4, 0.5) is 10.5 Å². The Labute approximate surface area is 201 Å². The smallest absolute Gasteiger partial charge is 0.426 e. The van der Waals surface area contributed by atoms with Crippen LogP contribution >= 0.6 is 22.6 Å². The molecule has 1 rings (SSSR count). The predicted octanol–water partition coefficient (Wildman–Crippen LogP) is 4.02. The molecule has 1 aromatic carbocycles. The number of nitrogens with one attached hydrogen (secondary N) is 2. The summed E-state index contributed by atoms with van der Waals surface area (Å²) in [7, 11) is 0. The highest BCUT2D eigenvalue weighted by molar-refractivity contribution is 14.1. The van der Waals surface area contributed by atoms with E-state index in [1.54, 1.807) is 55.4 Å². The third-order valence-electron chi connectivity index (χ3n) is 3.90. The zero-order valence-corrected chi connectivity index (χ0v) is 21.8. The molecule has 178 valence electrons. The highest BCUT2D eigenvalue weighted by atomic mass is 127. The van der Waals surface area contributed by atoms with Crippen molar-refractivity contribution in [1.29, 1.82) is 0 Å². The summed E-state index contributed by atoms with van der Waals surface area (Å²) in [4.78, 5) is 49.7. The molecule has 0 saturated carbocycles. The number of carbonyl (C=O) groups excluding carboxylic acids is 3. The number of hydrazine groups is 1. The van der Waals surface area contributed by atoms with Crippen molar-refractivity contribution in [2.75, 3.05) is 0 Å². The van der Waals surface area contributed by atoms with Gasteiger partial charge in [0.2, 0.25) is 5.91 Å². The van der Waals surface area contributed by atoms with Crippen LogP contribution in [0.5, 0.6) is 0 Å². The van der Waals surface area contributed by atoms with Crippen LogP contribution in [0, 0.1) is 19.6 Å². The molecule has 1 atom stereocenters. The maximum Gasteiger partial charge on any atom is 0.426 e. The van der Waals surface area contributed by atoms with Gasteiger partial charge in [-0.25, -0.2) is 15.2 Å². The number of nitro benzene ring substituents is 1. The summed E-state index contributed by atoms with van der Waals surface area (Å²) >= 11 is 1.87. The van der Waals surface area contributed by atoms with Crippen LogP contribution in [0.1, 0.15) is 65.7 Å². The van der Waals surface area contributed by atoms with Gasteiger partial charge >= 0.3 is 6.09 Å². The average Bonchev–Trinajstić information content (AvgIpc) is 2.57. The molecule has 3 amide bonds. The molecule has 0 spiro atoms. The van der Waals surface area contributed by atoms with Crippen LogP contribution in [-0.4, -0.2) is 45.0 Å². The summed E-state index contributed by atoms with van der Waals surface area (Å²) in [5.74, 6) is -1.67. The Balaban J connectivity index is 3.52. The first kappa shape index (κ1) is 27.6. The van der Waals surface area contributed by atoms with E-state index in [0.717, 1.165) is 11.1 Å². The van der Waals surface area contributed by atoms with Crippen molar-refractivity contribution in [3.05, 3.63) is 37.4 Å². The van der Waals surface area contributed by atoms with Gasteiger partial charge in [0.25, 0.3) is 11.6 Å². The first-order valence-electron chi connectivity index (χ1n) is 10.0. The Bertz CT molecular complexity index is 889. The van der Waals surface area contributed by atoms with Gasteiger partial charge in [0.15, 0.2) is 0 Å². The molecule has 2 N–H and O–H groups in total. The zero-order valence-electron chi connectivity index (χ0n) is 19.6. The number of hydrogen-bond donors (Lipinski definition) is 2. The Kier molecular flexibility index (Phi) is 9.01. The number of non-ortho nitro benzene ring substituents is 1. The minimum atomic E-state index is -1.11. The van der Waals surface area contributed by atoms with E-state index in [2.05, 4.69) is 10.7 Å². The monoisotopic (exact) mass is 562 g/mol. The lowest BCUT2D eigenvalue weighted by molar-refractivity contribution is -0.384. The summed E-state index contributed by atoms with van der Waals surface area (Å²) in [5, 5.41) is 14.9. The second-order valence-electron chi connectivity index (χ2n) is 9.64. The minimum absolute atomic E-state index is 0.0231. The van der Waals surface area contributed by atoms with E-state index >= 15 is 0 Å². The third kappa shape index (κ3) is 8.24. The van der Waals surface area contributed by atoms with Crippen LogP contribution < -0.4 is 10.7 Å². The van der Waals surface area contributed by atoms with Gasteiger partial charge in [0.1, 0.15) is 11.6 Å². The average molecular weight is 562 g/mol. The molecule has 0 heterocycles. The predicted molar refractivity (Wildman–Crippen MR) is 128 cm³/mol. The van der Waals surface area contributed by atoms with E-state index < -0.39 is 45.9 Å². The lowest BCUT2D eigenvalue weighted by atomic mass is 9.99. The highest BCUT2D eigenvalue weighted by Crippen LogP contribution is 2.23. The fourth-order valence-corrected chi connectivity index (χ4v) is 3.29. The summed E-state index contributed by atoms with van der Waals surface area (Å²) in [6.07, 6.45) is -0.930.